The van der Waals surface area contributed by atoms with E-state index in [4.69, 9.17) is 0 Å². The summed E-state index contributed by atoms with van der Waals surface area (Å²) in [5.41, 5.74) is 3.83. The number of aryl methyl sites for hydroxylation is 2. The molecular formula is C18H23N3O3. The molecule has 0 aromatic heterocycles. The van der Waals surface area contributed by atoms with E-state index in [9.17, 15) is 14.4 Å². The van der Waals surface area contributed by atoms with E-state index in [-0.39, 0.29) is 30.9 Å². The highest BCUT2D eigenvalue weighted by Crippen LogP contribution is 2.24. The molecule has 1 atom stereocenters. The van der Waals surface area contributed by atoms with E-state index >= 15 is 0 Å². The van der Waals surface area contributed by atoms with Crippen LogP contribution < -0.4 is 5.32 Å². The predicted octanol–water partition coefficient (Wildman–Crippen LogP) is 1.64. The van der Waals surface area contributed by atoms with Crippen molar-refractivity contribution in [2.75, 3.05) is 20.1 Å². The van der Waals surface area contributed by atoms with Crippen LogP contribution in [0, 0.1) is 0 Å². The number of nitrogens with one attached hydrogen (secondary N) is 1. The predicted molar refractivity (Wildman–Crippen MR) is 89.4 cm³/mol. The fourth-order valence-corrected chi connectivity index (χ4v) is 3.36. The van der Waals surface area contributed by atoms with Crippen LogP contribution in [0.3, 0.4) is 0 Å². The maximum atomic E-state index is 12.2. The van der Waals surface area contributed by atoms with Gasteiger partial charge in [-0.05, 0) is 49.3 Å². The quantitative estimate of drug-likeness (QED) is 0.854. The normalized spacial score (nSPS) is 18.6. The molecule has 0 saturated carbocycles. The maximum absolute atomic E-state index is 12.2. The molecule has 1 unspecified atom stereocenters. The van der Waals surface area contributed by atoms with Crippen LogP contribution >= 0.6 is 0 Å². The van der Waals surface area contributed by atoms with Crippen LogP contribution in [-0.4, -0.2) is 47.8 Å². The Labute approximate surface area is 141 Å². The number of hydrogen-bond donors (Lipinski definition) is 1. The van der Waals surface area contributed by atoms with Gasteiger partial charge >= 0.3 is 6.03 Å². The van der Waals surface area contributed by atoms with Crippen LogP contribution in [0.15, 0.2) is 18.2 Å². The summed E-state index contributed by atoms with van der Waals surface area (Å²) >= 11 is 0. The number of urea groups is 1. The first-order valence-electron chi connectivity index (χ1n) is 8.42. The molecule has 1 aliphatic carbocycles. The molecule has 1 aromatic rings. The largest absolute Gasteiger partial charge is 0.348 e. The summed E-state index contributed by atoms with van der Waals surface area (Å²) in [4.78, 5) is 38.0. The zero-order chi connectivity index (χ0) is 17.3. The van der Waals surface area contributed by atoms with Crippen molar-refractivity contribution in [3.63, 3.8) is 0 Å². The average molecular weight is 329 g/mol. The SMILES string of the molecule is CC(NC(=O)CN1C(=O)CN(C)C1=O)c1ccc2c(c1)CCCC2. The maximum Gasteiger partial charge on any atom is 0.327 e. The third-order valence-electron chi connectivity index (χ3n) is 4.78. The highest BCUT2D eigenvalue weighted by molar-refractivity contribution is 6.04. The molecule has 1 aliphatic heterocycles. The number of nitrogens with zero attached hydrogens (tertiary/aromatic N) is 2. The van der Waals surface area contributed by atoms with Gasteiger partial charge in [-0.1, -0.05) is 18.2 Å². The summed E-state index contributed by atoms with van der Waals surface area (Å²) in [6.45, 7) is 1.73. The molecule has 3 rings (SSSR count). The highest BCUT2D eigenvalue weighted by atomic mass is 16.2. The first-order chi connectivity index (χ1) is 11.5. The van der Waals surface area contributed by atoms with Crippen molar-refractivity contribution < 1.29 is 14.4 Å². The molecule has 1 saturated heterocycles. The van der Waals surface area contributed by atoms with Gasteiger partial charge in [0.25, 0.3) is 5.91 Å². The molecule has 6 nitrogen and oxygen atoms in total. The zero-order valence-corrected chi connectivity index (χ0v) is 14.2. The second-order valence-electron chi connectivity index (χ2n) is 6.64. The minimum absolute atomic E-state index is 0.0342. The van der Waals surface area contributed by atoms with E-state index in [0.717, 1.165) is 23.3 Å². The van der Waals surface area contributed by atoms with Crippen molar-refractivity contribution in [3.8, 4) is 0 Å². The molecule has 24 heavy (non-hydrogen) atoms. The van der Waals surface area contributed by atoms with Gasteiger partial charge in [-0.2, -0.15) is 0 Å². The Balaban J connectivity index is 1.62. The lowest BCUT2D eigenvalue weighted by Gasteiger charge is -2.21. The van der Waals surface area contributed by atoms with E-state index in [1.54, 1.807) is 7.05 Å². The van der Waals surface area contributed by atoms with Crippen LogP contribution in [0.1, 0.15) is 42.5 Å². The van der Waals surface area contributed by atoms with Crippen molar-refractivity contribution in [1.82, 2.24) is 15.1 Å². The number of hydrogen-bond acceptors (Lipinski definition) is 3. The lowest BCUT2D eigenvalue weighted by molar-refractivity contribution is -0.131. The smallest absolute Gasteiger partial charge is 0.327 e. The van der Waals surface area contributed by atoms with Gasteiger partial charge < -0.3 is 10.2 Å². The standard InChI is InChI=1S/C18H23N3O3/c1-12(14-8-7-13-5-3-4-6-15(13)9-14)19-16(22)10-21-17(23)11-20(2)18(21)24/h7-9,12H,3-6,10-11H2,1-2H3,(H,19,22). The second-order valence-corrected chi connectivity index (χ2v) is 6.64. The molecular weight excluding hydrogens is 306 g/mol. The van der Waals surface area contributed by atoms with Crippen LogP contribution in [0.5, 0.6) is 0 Å². The summed E-state index contributed by atoms with van der Waals surface area (Å²) in [6, 6.07) is 5.79. The Kier molecular flexibility index (Phi) is 4.55. The first-order valence-corrected chi connectivity index (χ1v) is 8.42. The van der Waals surface area contributed by atoms with E-state index in [2.05, 4.69) is 23.5 Å². The summed E-state index contributed by atoms with van der Waals surface area (Å²) in [5.74, 6) is -0.656. The molecule has 1 aromatic carbocycles. The number of rotatable bonds is 4. The third kappa shape index (κ3) is 3.27. The van der Waals surface area contributed by atoms with Crippen LogP contribution in [0.2, 0.25) is 0 Å². The summed E-state index contributed by atoms with van der Waals surface area (Å²) in [7, 11) is 1.55. The number of carbonyl (C=O) groups excluding carboxylic acids is 3. The molecule has 4 amide bonds. The molecule has 128 valence electrons. The van der Waals surface area contributed by atoms with E-state index < -0.39 is 6.03 Å². The minimum Gasteiger partial charge on any atom is -0.348 e. The lowest BCUT2D eigenvalue weighted by Crippen LogP contribution is -2.41. The number of benzene rings is 1. The second kappa shape index (κ2) is 6.63. The number of fused-ring (bicyclic) bond motifs is 1. The third-order valence-corrected chi connectivity index (χ3v) is 4.78. The molecule has 0 spiro atoms. The van der Waals surface area contributed by atoms with Crippen LogP contribution in [0.4, 0.5) is 4.79 Å². The Morgan fingerprint density at radius 1 is 1.21 bits per heavy atom. The van der Waals surface area contributed by atoms with Gasteiger partial charge in [0.05, 0.1) is 6.04 Å². The van der Waals surface area contributed by atoms with Gasteiger partial charge in [0.2, 0.25) is 5.91 Å². The summed E-state index contributed by atoms with van der Waals surface area (Å²) < 4.78 is 0. The summed E-state index contributed by atoms with van der Waals surface area (Å²) in [5, 5.41) is 2.88. The Morgan fingerprint density at radius 3 is 2.58 bits per heavy atom. The van der Waals surface area contributed by atoms with Crippen molar-refractivity contribution in [2.24, 2.45) is 0 Å². The van der Waals surface area contributed by atoms with Crippen molar-refractivity contribution in [3.05, 3.63) is 34.9 Å². The molecule has 0 bridgehead atoms. The van der Waals surface area contributed by atoms with E-state index in [0.29, 0.717) is 0 Å². The van der Waals surface area contributed by atoms with Gasteiger partial charge in [0.15, 0.2) is 0 Å². The van der Waals surface area contributed by atoms with Crippen LogP contribution in [0.25, 0.3) is 0 Å². The fraction of sp³-hybridized carbons (Fsp3) is 0.500. The van der Waals surface area contributed by atoms with E-state index in [1.165, 1.54) is 28.9 Å². The molecule has 1 heterocycles. The molecule has 0 radical (unpaired) electrons. The van der Waals surface area contributed by atoms with Gasteiger partial charge in [0, 0.05) is 7.05 Å². The minimum atomic E-state index is -0.420. The van der Waals surface area contributed by atoms with Gasteiger partial charge in [0.1, 0.15) is 13.1 Å². The number of imide groups is 1. The zero-order valence-electron chi connectivity index (χ0n) is 14.2. The first kappa shape index (κ1) is 16.5. The molecule has 1 N–H and O–H groups in total. The van der Waals surface area contributed by atoms with Crippen LogP contribution in [-0.2, 0) is 22.4 Å². The van der Waals surface area contributed by atoms with E-state index in [1.807, 2.05) is 6.92 Å². The summed E-state index contributed by atoms with van der Waals surface area (Å²) in [6.07, 6.45) is 4.67. The number of likely N-dealkylation sites (N-methyl/N-ethyl adjacent to an activating group) is 1. The van der Waals surface area contributed by atoms with Gasteiger partial charge in [-0.25, -0.2) is 4.79 Å². The highest BCUT2D eigenvalue weighted by Gasteiger charge is 2.34. The number of amides is 4. The number of carbonyl (C=O) groups is 3. The average Bonchev–Trinajstić information content (AvgIpc) is 2.80. The van der Waals surface area contributed by atoms with Gasteiger partial charge in [-0.15, -0.1) is 0 Å². The Bertz CT molecular complexity index is 686. The topological polar surface area (TPSA) is 69.7 Å². The van der Waals surface area contributed by atoms with Crippen molar-refractivity contribution >= 4 is 17.8 Å². The van der Waals surface area contributed by atoms with Crippen molar-refractivity contribution in [1.29, 1.82) is 0 Å². The molecule has 2 aliphatic rings. The lowest BCUT2D eigenvalue weighted by atomic mass is 9.89. The Morgan fingerprint density at radius 2 is 1.92 bits per heavy atom. The van der Waals surface area contributed by atoms with Crippen molar-refractivity contribution in [2.45, 2.75) is 38.6 Å². The Hall–Kier alpha value is -2.37. The molecule has 6 heteroatoms. The molecule has 1 fully saturated rings. The van der Waals surface area contributed by atoms with Gasteiger partial charge in [-0.3, -0.25) is 14.5 Å². The fourth-order valence-electron chi connectivity index (χ4n) is 3.36. The monoisotopic (exact) mass is 329 g/mol.